The molecular weight excluding hydrogens is 232 g/mol. The van der Waals surface area contributed by atoms with Gasteiger partial charge in [-0.25, -0.2) is 14.8 Å². The summed E-state index contributed by atoms with van der Waals surface area (Å²) >= 11 is 0. The van der Waals surface area contributed by atoms with Crippen molar-refractivity contribution >= 4 is 11.8 Å². The Morgan fingerprint density at radius 1 is 1.61 bits per heavy atom. The van der Waals surface area contributed by atoms with Crippen LogP contribution in [0.3, 0.4) is 0 Å². The Bertz CT molecular complexity index is 450. The van der Waals surface area contributed by atoms with Crippen LogP contribution in [0, 0.1) is 0 Å². The lowest BCUT2D eigenvalue weighted by molar-refractivity contribution is 0.0697. The van der Waals surface area contributed by atoms with Crippen LogP contribution in [0.15, 0.2) is 6.20 Å². The summed E-state index contributed by atoms with van der Waals surface area (Å²) in [4.78, 5) is 21.8. The zero-order chi connectivity index (χ0) is 13.1. The molecule has 0 aromatic carbocycles. The highest BCUT2D eigenvalue weighted by Gasteiger charge is 2.23. The molecule has 0 saturated carbocycles. The Labute approximate surface area is 106 Å². The molecule has 0 aliphatic carbocycles. The lowest BCUT2D eigenvalue weighted by Crippen LogP contribution is -2.31. The number of carbonyl (C=O) groups is 1. The lowest BCUT2D eigenvalue weighted by atomic mass is 9.97. The van der Waals surface area contributed by atoms with Gasteiger partial charge < -0.3 is 15.3 Å². The minimum atomic E-state index is -1.01. The zero-order valence-corrected chi connectivity index (χ0v) is 10.7. The van der Waals surface area contributed by atoms with Crippen LogP contribution in [0.4, 0.5) is 5.82 Å². The number of anilines is 1. The van der Waals surface area contributed by atoms with Crippen LogP contribution >= 0.6 is 0 Å². The average Bonchev–Trinajstić information content (AvgIpc) is 2.37. The van der Waals surface area contributed by atoms with Gasteiger partial charge in [-0.3, -0.25) is 0 Å². The molecule has 2 heterocycles. The van der Waals surface area contributed by atoms with Crippen LogP contribution in [0.1, 0.15) is 34.9 Å². The standard InChI is InChI=1S/C12H18N4O2/c1-13-11-9(12(17)18)6-14-10(15-11)8-4-3-5-16(2)7-8/h6,8H,3-5,7H2,1-2H3,(H,17,18)(H,13,14,15). The van der Waals surface area contributed by atoms with Crippen LogP contribution in [0.5, 0.6) is 0 Å². The van der Waals surface area contributed by atoms with Crippen LogP contribution in [-0.2, 0) is 0 Å². The molecule has 1 atom stereocenters. The summed E-state index contributed by atoms with van der Waals surface area (Å²) in [5, 5.41) is 11.8. The van der Waals surface area contributed by atoms with Gasteiger partial charge in [-0.15, -0.1) is 0 Å². The summed E-state index contributed by atoms with van der Waals surface area (Å²) in [6.07, 6.45) is 3.57. The third kappa shape index (κ3) is 2.59. The maximum Gasteiger partial charge on any atom is 0.341 e. The maximum absolute atomic E-state index is 11.0. The second-order valence-electron chi connectivity index (χ2n) is 4.65. The summed E-state index contributed by atoms with van der Waals surface area (Å²) in [7, 11) is 3.75. The number of hydrogen-bond donors (Lipinski definition) is 2. The number of hydrogen-bond acceptors (Lipinski definition) is 5. The van der Waals surface area contributed by atoms with Crippen molar-refractivity contribution in [2.45, 2.75) is 18.8 Å². The number of carboxylic acids is 1. The van der Waals surface area contributed by atoms with Gasteiger partial charge in [-0.2, -0.15) is 0 Å². The van der Waals surface area contributed by atoms with E-state index in [2.05, 4.69) is 27.2 Å². The SMILES string of the molecule is CNc1nc(C2CCCN(C)C2)ncc1C(=O)O. The number of aromatic carboxylic acids is 1. The quantitative estimate of drug-likeness (QED) is 0.834. The summed E-state index contributed by atoms with van der Waals surface area (Å²) in [5.74, 6) is 0.405. The summed E-state index contributed by atoms with van der Waals surface area (Å²) < 4.78 is 0. The molecular formula is C12H18N4O2. The third-order valence-electron chi connectivity index (χ3n) is 3.26. The first-order valence-corrected chi connectivity index (χ1v) is 6.08. The average molecular weight is 250 g/mol. The van der Waals surface area contributed by atoms with Gasteiger partial charge in [-0.05, 0) is 26.4 Å². The van der Waals surface area contributed by atoms with Crippen LogP contribution in [0.2, 0.25) is 0 Å². The van der Waals surface area contributed by atoms with Crippen molar-refractivity contribution in [2.24, 2.45) is 0 Å². The predicted molar refractivity (Wildman–Crippen MR) is 68.0 cm³/mol. The molecule has 1 aliphatic heterocycles. The lowest BCUT2D eigenvalue weighted by Gasteiger charge is -2.28. The largest absolute Gasteiger partial charge is 0.477 e. The molecule has 0 radical (unpaired) electrons. The first-order valence-electron chi connectivity index (χ1n) is 6.08. The maximum atomic E-state index is 11.0. The topological polar surface area (TPSA) is 78.4 Å². The highest BCUT2D eigenvalue weighted by atomic mass is 16.4. The second-order valence-corrected chi connectivity index (χ2v) is 4.65. The fraction of sp³-hybridized carbons (Fsp3) is 0.583. The van der Waals surface area contributed by atoms with E-state index in [1.165, 1.54) is 6.20 Å². The van der Waals surface area contributed by atoms with Gasteiger partial charge in [-0.1, -0.05) is 0 Å². The van der Waals surface area contributed by atoms with E-state index in [4.69, 9.17) is 5.11 Å². The minimum absolute atomic E-state index is 0.116. The van der Waals surface area contributed by atoms with Gasteiger partial charge in [0.05, 0.1) is 0 Å². The molecule has 0 spiro atoms. The number of likely N-dealkylation sites (N-methyl/N-ethyl adjacent to an activating group) is 1. The van der Waals surface area contributed by atoms with E-state index in [-0.39, 0.29) is 5.56 Å². The first kappa shape index (κ1) is 12.8. The predicted octanol–water partition coefficient (Wildman–Crippen LogP) is 1.03. The van der Waals surface area contributed by atoms with Gasteiger partial charge in [0, 0.05) is 25.7 Å². The fourth-order valence-corrected chi connectivity index (χ4v) is 2.32. The van der Waals surface area contributed by atoms with E-state index in [0.29, 0.717) is 11.7 Å². The van der Waals surface area contributed by atoms with Crippen molar-refractivity contribution in [1.29, 1.82) is 0 Å². The minimum Gasteiger partial charge on any atom is -0.477 e. The van der Waals surface area contributed by atoms with Crippen LogP contribution in [-0.4, -0.2) is 53.1 Å². The van der Waals surface area contributed by atoms with E-state index in [1.54, 1.807) is 7.05 Å². The Kier molecular flexibility index (Phi) is 3.76. The van der Waals surface area contributed by atoms with Crippen LogP contribution < -0.4 is 5.32 Å². The summed E-state index contributed by atoms with van der Waals surface area (Å²) in [6.45, 7) is 2.03. The Morgan fingerprint density at radius 3 is 3.00 bits per heavy atom. The number of piperidine rings is 1. The summed E-state index contributed by atoms with van der Waals surface area (Å²) in [6, 6.07) is 0. The molecule has 6 heteroatoms. The van der Waals surface area contributed by atoms with E-state index in [0.717, 1.165) is 31.8 Å². The number of carboxylic acid groups (broad SMARTS) is 1. The number of rotatable bonds is 3. The van der Waals surface area contributed by atoms with Crippen molar-refractivity contribution in [3.63, 3.8) is 0 Å². The summed E-state index contributed by atoms with van der Waals surface area (Å²) in [5.41, 5.74) is 0.116. The van der Waals surface area contributed by atoms with E-state index >= 15 is 0 Å². The Balaban J connectivity index is 2.26. The number of nitrogens with one attached hydrogen (secondary N) is 1. The first-order chi connectivity index (χ1) is 8.61. The molecule has 0 bridgehead atoms. The van der Waals surface area contributed by atoms with E-state index < -0.39 is 5.97 Å². The highest BCUT2D eigenvalue weighted by molar-refractivity contribution is 5.92. The number of nitrogens with zero attached hydrogens (tertiary/aromatic N) is 3. The number of likely N-dealkylation sites (tertiary alicyclic amines) is 1. The van der Waals surface area contributed by atoms with E-state index in [1.807, 2.05) is 0 Å². The molecule has 1 fully saturated rings. The fourth-order valence-electron chi connectivity index (χ4n) is 2.32. The molecule has 98 valence electrons. The van der Waals surface area contributed by atoms with Crippen LogP contribution in [0.25, 0.3) is 0 Å². The molecule has 1 saturated heterocycles. The molecule has 2 N–H and O–H groups in total. The van der Waals surface area contributed by atoms with Gasteiger partial charge in [0.15, 0.2) is 0 Å². The van der Waals surface area contributed by atoms with Gasteiger partial charge in [0.2, 0.25) is 0 Å². The molecule has 1 aromatic rings. The van der Waals surface area contributed by atoms with Gasteiger partial charge in [0.1, 0.15) is 17.2 Å². The van der Waals surface area contributed by atoms with Crippen molar-refractivity contribution in [1.82, 2.24) is 14.9 Å². The third-order valence-corrected chi connectivity index (χ3v) is 3.26. The molecule has 6 nitrogen and oxygen atoms in total. The van der Waals surface area contributed by atoms with Gasteiger partial charge >= 0.3 is 5.97 Å². The molecule has 1 aromatic heterocycles. The van der Waals surface area contributed by atoms with Crippen molar-refractivity contribution < 1.29 is 9.90 Å². The molecule has 1 aliphatic rings. The van der Waals surface area contributed by atoms with Crippen molar-refractivity contribution in [2.75, 3.05) is 32.5 Å². The van der Waals surface area contributed by atoms with Gasteiger partial charge in [0.25, 0.3) is 0 Å². The van der Waals surface area contributed by atoms with E-state index in [9.17, 15) is 4.79 Å². The Morgan fingerprint density at radius 2 is 2.39 bits per heavy atom. The second kappa shape index (κ2) is 5.30. The molecule has 2 rings (SSSR count). The molecule has 1 unspecified atom stereocenters. The number of aromatic nitrogens is 2. The molecule has 18 heavy (non-hydrogen) atoms. The normalized spacial score (nSPS) is 20.7. The monoisotopic (exact) mass is 250 g/mol. The highest BCUT2D eigenvalue weighted by Crippen LogP contribution is 2.25. The zero-order valence-electron chi connectivity index (χ0n) is 10.7. The molecule has 0 amide bonds. The van der Waals surface area contributed by atoms with Crippen molar-refractivity contribution in [3.8, 4) is 0 Å². The smallest absolute Gasteiger partial charge is 0.341 e. The Hall–Kier alpha value is -1.69. The van der Waals surface area contributed by atoms with Crippen molar-refractivity contribution in [3.05, 3.63) is 17.6 Å².